The fourth-order valence-corrected chi connectivity index (χ4v) is 3.58. The maximum atomic E-state index is 6.28. The van der Waals surface area contributed by atoms with Gasteiger partial charge in [0.2, 0.25) is 0 Å². The number of aromatic nitrogens is 2. The van der Waals surface area contributed by atoms with Gasteiger partial charge < -0.3 is 21.7 Å². The minimum Gasteiger partial charge on any atom is -0.393 e. The molecule has 6 heteroatoms. The number of nitrogens with two attached hydrogens (primary N) is 1. The second-order valence-electron chi connectivity index (χ2n) is 9.00. The molecule has 1 aromatic rings. The van der Waals surface area contributed by atoms with Crippen molar-refractivity contribution >= 4 is 17.3 Å². The van der Waals surface area contributed by atoms with Crippen molar-refractivity contribution in [3.8, 4) is 0 Å². The second kappa shape index (κ2) is 5.82. The van der Waals surface area contributed by atoms with E-state index in [0.29, 0.717) is 23.4 Å². The first kappa shape index (κ1) is 17.8. The molecule has 0 aliphatic carbocycles. The van der Waals surface area contributed by atoms with Crippen LogP contribution in [-0.4, -0.2) is 32.6 Å². The molecule has 0 saturated carbocycles. The molecule has 130 valence electrons. The number of nitrogens with one attached hydrogen (secondary N) is 3. The summed E-state index contributed by atoms with van der Waals surface area (Å²) in [5, 5.41) is 10.5. The average Bonchev–Trinajstić information content (AvgIpc) is 2.28. The molecule has 23 heavy (non-hydrogen) atoms. The summed E-state index contributed by atoms with van der Waals surface area (Å²) in [6, 6.07) is 0.320. The van der Waals surface area contributed by atoms with Crippen molar-refractivity contribution < 1.29 is 0 Å². The first-order valence-electron chi connectivity index (χ1n) is 8.31. The lowest BCUT2D eigenvalue weighted by Crippen LogP contribution is -2.60. The molecule has 2 heterocycles. The maximum absolute atomic E-state index is 6.28. The van der Waals surface area contributed by atoms with E-state index < -0.39 is 0 Å². The predicted molar refractivity (Wildman–Crippen MR) is 97.8 cm³/mol. The molecule has 0 unspecified atom stereocenters. The SMILES string of the molecule is CC(C)(C)Nc1ncnc(NC2CC(C)(C)NC(C)(C)C2)c1N. The van der Waals surface area contributed by atoms with Gasteiger partial charge in [-0.05, 0) is 61.3 Å². The normalized spacial score (nSPS) is 21.0. The summed E-state index contributed by atoms with van der Waals surface area (Å²) < 4.78 is 0. The van der Waals surface area contributed by atoms with Crippen LogP contribution in [0.25, 0.3) is 0 Å². The zero-order chi connectivity index (χ0) is 17.5. The molecule has 0 bridgehead atoms. The summed E-state index contributed by atoms with van der Waals surface area (Å²) in [6.07, 6.45) is 3.59. The summed E-state index contributed by atoms with van der Waals surface area (Å²) in [5.41, 5.74) is 6.91. The first-order chi connectivity index (χ1) is 10.4. The van der Waals surface area contributed by atoms with Crippen LogP contribution in [0.5, 0.6) is 0 Å². The van der Waals surface area contributed by atoms with E-state index in [0.717, 1.165) is 12.8 Å². The lowest BCUT2D eigenvalue weighted by Gasteiger charge is -2.46. The van der Waals surface area contributed by atoms with Gasteiger partial charge in [-0.1, -0.05) is 0 Å². The molecular weight excluding hydrogens is 288 g/mol. The van der Waals surface area contributed by atoms with Crippen LogP contribution in [0.3, 0.4) is 0 Å². The number of hydrogen-bond acceptors (Lipinski definition) is 6. The van der Waals surface area contributed by atoms with E-state index in [2.05, 4.69) is 74.4 Å². The van der Waals surface area contributed by atoms with Crippen LogP contribution < -0.4 is 21.7 Å². The van der Waals surface area contributed by atoms with Crippen LogP contribution in [0.15, 0.2) is 6.33 Å². The lowest BCUT2D eigenvalue weighted by molar-refractivity contribution is 0.170. The molecule has 2 rings (SSSR count). The van der Waals surface area contributed by atoms with Gasteiger partial charge in [-0.2, -0.15) is 0 Å². The summed E-state index contributed by atoms with van der Waals surface area (Å²) in [7, 11) is 0. The topological polar surface area (TPSA) is 87.9 Å². The maximum Gasteiger partial charge on any atom is 0.155 e. The van der Waals surface area contributed by atoms with Crippen LogP contribution in [0.2, 0.25) is 0 Å². The van der Waals surface area contributed by atoms with Crippen LogP contribution >= 0.6 is 0 Å². The third-order valence-corrected chi connectivity index (χ3v) is 3.91. The third-order valence-electron chi connectivity index (χ3n) is 3.91. The molecule has 5 N–H and O–H groups in total. The van der Waals surface area contributed by atoms with Crippen LogP contribution in [0.4, 0.5) is 17.3 Å². The molecule has 0 amide bonds. The molecule has 1 fully saturated rings. The van der Waals surface area contributed by atoms with Crippen molar-refractivity contribution in [3.63, 3.8) is 0 Å². The molecule has 1 saturated heterocycles. The van der Waals surface area contributed by atoms with Gasteiger partial charge in [-0.3, -0.25) is 0 Å². The van der Waals surface area contributed by atoms with E-state index in [4.69, 9.17) is 5.73 Å². The van der Waals surface area contributed by atoms with Crippen molar-refractivity contribution in [2.45, 2.75) is 84.0 Å². The molecule has 1 aromatic heterocycles. The second-order valence-corrected chi connectivity index (χ2v) is 9.00. The number of nitrogens with zero attached hydrogens (tertiary/aromatic N) is 2. The zero-order valence-electron chi connectivity index (χ0n) is 15.5. The highest BCUT2D eigenvalue weighted by atomic mass is 15.1. The van der Waals surface area contributed by atoms with Gasteiger partial charge in [-0.25, -0.2) is 9.97 Å². The highest BCUT2D eigenvalue weighted by Crippen LogP contribution is 2.32. The van der Waals surface area contributed by atoms with Crippen molar-refractivity contribution in [1.29, 1.82) is 0 Å². The van der Waals surface area contributed by atoms with E-state index in [9.17, 15) is 0 Å². The Bertz CT molecular complexity index is 543. The molecular formula is C17H32N6. The molecule has 0 atom stereocenters. The van der Waals surface area contributed by atoms with E-state index >= 15 is 0 Å². The fraction of sp³-hybridized carbons (Fsp3) is 0.765. The zero-order valence-corrected chi connectivity index (χ0v) is 15.5. The Hall–Kier alpha value is -1.56. The fourth-order valence-electron chi connectivity index (χ4n) is 3.58. The van der Waals surface area contributed by atoms with E-state index in [1.54, 1.807) is 6.33 Å². The molecule has 1 aliphatic rings. The van der Waals surface area contributed by atoms with E-state index in [1.165, 1.54) is 0 Å². The quantitative estimate of drug-likeness (QED) is 0.685. The van der Waals surface area contributed by atoms with Gasteiger partial charge in [0.15, 0.2) is 11.6 Å². The highest BCUT2D eigenvalue weighted by molar-refractivity contribution is 5.74. The van der Waals surface area contributed by atoms with Gasteiger partial charge in [0.05, 0.1) is 0 Å². The van der Waals surface area contributed by atoms with Crippen molar-refractivity contribution in [2.75, 3.05) is 16.4 Å². The molecule has 1 aliphatic heterocycles. The molecule has 6 nitrogen and oxygen atoms in total. The Morgan fingerprint density at radius 1 is 1.09 bits per heavy atom. The van der Waals surface area contributed by atoms with Gasteiger partial charge in [0, 0.05) is 22.7 Å². The average molecular weight is 320 g/mol. The largest absolute Gasteiger partial charge is 0.393 e. The van der Waals surface area contributed by atoms with Crippen molar-refractivity contribution in [2.24, 2.45) is 0 Å². The number of rotatable bonds is 3. The van der Waals surface area contributed by atoms with E-state index in [1.807, 2.05) is 0 Å². The van der Waals surface area contributed by atoms with Crippen molar-refractivity contribution in [3.05, 3.63) is 6.33 Å². The minimum absolute atomic E-state index is 0.0771. The van der Waals surface area contributed by atoms with Gasteiger partial charge in [-0.15, -0.1) is 0 Å². The van der Waals surface area contributed by atoms with Gasteiger partial charge in [0.25, 0.3) is 0 Å². The first-order valence-corrected chi connectivity index (χ1v) is 8.31. The smallest absolute Gasteiger partial charge is 0.155 e. The Morgan fingerprint density at radius 2 is 1.61 bits per heavy atom. The highest BCUT2D eigenvalue weighted by Gasteiger charge is 2.38. The lowest BCUT2D eigenvalue weighted by atomic mass is 9.79. The molecule has 0 spiro atoms. The molecule has 0 radical (unpaired) electrons. The van der Waals surface area contributed by atoms with Crippen LogP contribution in [0, 0.1) is 0 Å². The minimum atomic E-state index is -0.0987. The Labute approximate surface area is 140 Å². The van der Waals surface area contributed by atoms with Crippen molar-refractivity contribution in [1.82, 2.24) is 15.3 Å². The Balaban J connectivity index is 2.18. The van der Waals surface area contributed by atoms with Crippen LogP contribution in [-0.2, 0) is 0 Å². The number of anilines is 3. The summed E-state index contributed by atoms with van der Waals surface area (Å²) in [5.74, 6) is 1.40. The standard InChI is InChI=1S/C17H32N6/c1-15(2,3)22-14-12(18)13(19-10-20-14)21-11-8-16(4,5)23-17(6,7)9-11/h10-11,23H,8-9,18H2,1-7H3,(H2,19,20,21,22). The summed E-state index contributed by atoms with van der Waals surface area (Å²) in [6.45, 7) is 15.2. The van der Waals surface area contributed by atoms with Crippen LogP contribution in [0.1, 0.15) is 61.3 Å². The Morgan fingerprint density at radius 3 is 2.13 bits per heavy atom. The number of piperidine rings is 1. The third kappa shape index (κ3) is 4.96. The number of nitrogen functional groups attached to an aromatic ring is 1. The predicted octanol–water partition coefficient (Wildman–Crippen LogP) is 2.99. The number of hydrogen-bond donors (Lipinski definition) is 4. The summed E-state index contributed by atoms with van der Waals surface area (Å²) >= 11 is 0. The summed E-state index contributed by atoms with van der Waals surface area (Å²) in [4.78, 5) is 8.63. The Kier molecular flexibility index (Phi) is 4.50. The monoisotopic (exact) mass is 320 g/mol. The van der Waals surface area contributed by atoms with Gasteiger partial charge >= 0.3 is 0 Å². The molecule has 0 aromatic carbocycles. The van der Waals surface area contributed by atoms with Gasteiger partial charge in [0.1, 0.15) is 12.0 Å². The van der Waals surface area contributed by atoms with E-state index in [-0.39, 0.29) is 16.6 Å².